The molecule has 0 aromatic carbocycles. The van der Waals surface area contributed by atoms with Crippen molar-refractivity contribution in [1.29, 1.82) is 0 Å². The summed E-state index contributed by atoms with van der Waals surface area (Å²) in [7, 11) is 0. The van der Waals surface area contributed by atoms with Crippen molar-refractivity contribution < 1.29 is 28.6 Å². The molecule has 476 valence electrons. The highest BCUT2D eigenvalue weighted by Crippen LogP contribution is 2.18. The second-order valence-electron chi connectivity index (χ2n) is 23.4. The molecule has 0 aromatic rings. The fourth-order valence-electron chi connectivity index (χ4n) is 10.1. The molecule has 0 aliphatic rings. The Labute approximate surface area is 514 Å². The molecule has 0 spiro atoms. The van der Waals surface area contributed by atoms with Gasteiger partial charge in [-0.05, 0) is 103 Å². The summed E-state index contributed by atoms with van der Waals surface area (Å²) in [6.07, 6.45) is 97.0. The van der Waals surface area contributed by atoms with Crippen molar-refractivity contribution in [3.05, 3.63) is 109 Å². The molecule has 0 rings (SSSR count). The lowest BCUT2D eigenvalue weighted by Crippen LogP contribution is -2.30. The molecule has 0 radical (unpaired) electrons. The van der Waals surface area contributed by atoms with E-state index in [-0.39, 0.29) is 31.1 Å². The Bertz CT molecular complexity index is 1660. The highest BCUT2D eigenvalue weighted by Gasteiger charge is 2.19. The van der Waals surface area contributed by atoms with Crippen molar-refractivity contribution in [3.63, 3.8) is 0 Å². The Hall–Kier alpha value is -3.93. The standard InChI is InChI=1S/C77H132O6/c1-4-7-10-13-16-19-22-25-28-30-32-34-36-37-38-39-41-42-44-46-49-52-55-58-61-64-67-70-76(79)82-73-74(72-81-75(78)69-66-63-60-57-54-51-48-27-24-21-18-15-12-9-6-3)83-77(80)71-68-65-62-59-56-53-50-47-45-43-40-35-33-31-29-26-23-20-17-14-11-8-5-2/h8-9,11-12,17-18,20-21,26-27,29,33,35,43,45,48,54,57,74H,4-7,10,13-16,19,22-25,28,30-32,34,36-42,44,46-47,49-53,55-56,58-73H2,1-3H3/b11-8-,12-9-,20-17-,21-18-,29-26-,35-33-,45-43-,48-27-,57-54-. The van der Waals surface area contributed by atoms with Crippen LogP contribution in [0.1, 0.15) is 342 Å². The lowest BCUT2D eigenvalue weighted by atomic mass is 10.0. The first kappa shape index (κ1) is 79.1. The number of carbonyl (C=O) groups excluding carboxylic acids is 3. The van der Waals surface area contributed by atoms with Gasteiger partial charge in [0.15, 0.2) is 6.10 Å². The van der Waals surface area contributed by atoms with Gasteiger partial charge in [0, 0.05) is 19.3 Å². The molecule has 6 heteroatoms. The second kappa shape index (κ2) is 70.6. The molecule has 0 fully saturated rings. The molecule has 0 saturated carbocycles. The first-order valence-corrected chi connectivity index (χ1v) is 35.4. The molecule has 1 atom stereocenters. The number of hydrogen-bond donors (Lipinski definition) is 0. The van der Waals surface area contributed by atoms with E-state index in [1.165, 1.54) is 180 Å². The van der Waals surface area contributed by atoms with Crippen LogP contribution in [0.2, 0.25) is 0 Å². The molecule has 0 bridgehead atoms. The number of allylic oxidation sites excluding steroid dienone is 18. The van der Waals surface area contributed by atoms with Crippen LogP contribution in [0.4, 0.5) is 0 Å². The van der Waals surface area contributed by atoms with Crippen LogP contribution in [0, 0.1) is 0 Å². The number of esters is 3. The predicted octanol–water partition coefficient (Wildman–Crippen LogP) is 24.6. The van der Waals surface area contributed by atoms with Crippen LogP contribution in [0.25, 0.3) is 0 Å². The van der Waals surface area contributed by atoms with Gasteiger partial charge in [-0.2, -0.15) is 0 Å². The van der Waals surface area contributed by atoms with E-state index in [4.69, 9.17) is 14.2 Å². The maximum absolute atomic E-state index is 13.0. The minimum absolute atomic E-state index is 0.0944. The Kier molecular flexibility index (Phi) is 67.2. The first-order valence-electron chi connectivity index (χ1n) is 35.4. The van der Waals surface area contributed by atoms with Crippen molar-refractivity contribution >= 4 is 17.9 Å². The van der Waals surface area contributed by atoms with E-state index < -0.39 is 6.10 Å². The highest BCUT2D eigenvalue weighted by molar-refractivity contribution is 5.71. The summed E-state index contributed by atoms with van der Waals surface area (Å²) in [4.78, 5) is 38.4. The van der Waals surface area contributed by atoms with Crippen LogP contribution in [0.5, 0.6) is 0 Å². The maximum Gasteiger partial charge on any atom is 0.306 e. The Morgan fingerprint density at radius 2 is 0.470 bits per heavy atom. The normalized spacial score (nSPS) is 12.8. The summed E-state index contributed by atoms with van der Waals surface area (Å²) >= 11 is 0. The van der Waals surface area contributed by atoms with Gasteiger partial charge in [-0.3, -0.25) is 14.4 Å². The third-order valence-corrected chi connectivity index (χ3v) is 15.3. The molecule has 1 unspecified atom stereocenters. The summed E-state index contributed by atoms with van der Waals surface area (Å²) in [5.74, 6) is -0.936. The molecule has 6 nitrogen and oxygen atoms in total. The van der Waals surface area contributed by atoms with E-state index >= 15 is 0 Å². The largest absolute Gasteiger partial charge is 0.462 e. The van der Waals surface area contributed by atoms with Crippen LogP contribution in [0.3, 0.4) is 0 Å². The molecule has 0 aliphatic carbocycles. The zero-order chi connectivity index (χ0) is 59.9. The van der Waals surface area contributed by atoms with E-state index in [2.05, 4.69) is 130 Å². The van der Waals surface area contributed by atoms with Gasteiger partial charge >= 0.3 is 17.9 Å². The summed E-state index contributed by atoms with van der Waals surface area (Å²) in [6, 6.07) is 0. The lowest BCUT2D eigenvalue weighted by Gasteiger charge is -2.18. The lowest BCUT2D eigenvalue weighted by molar-refractivity contribution is -0.167. The van der Waals surface area contributed by atoms with Gasteiger partial charge in [-0.25, -0.2) is 0 Å². The summed E-state index contributed by atoms with van der Waals surface area (Å²) in [5, 5.41) is 0. The zero-order valence-electron chi connectivity index (χ0n) is 54.7. The Balaban J connectivity index is 4.34. The van der Waals surface area contributed by atoms with Crippen LogP contribution in [-0.2, 0) is 28.6 Å². The Morgan fingerprint density at radius 3 is 0.759 bits per heavy atom. The molecule has 0 heterocycles. The third-order valence-electron chi connectivity index (χ3n) is 15.3. The number of unbranched alkanes of at least 4 members (excludes halogenated alkanes) is 35. The van der Waals surface area contributed by atoms with Crippen LogP contribution in [0.15, 0.2) is 109 Å². The monoisotopic (exact) mass is 1150 g/mol. The topological polar surface area (TPSA) is 78.9 Å². The number of carbonyl (C=O) groups is 3. The molecule has 83 heavy (non-hydrogen) atoms. The minimum Gasteiger partial charge on any atom is -0.462 e. The van der Waals surface area contributed by atoms with Gasteiger partial charge in [-0.1, -0.05) is 329 Å². The Morgan fingerprint density at radius 1 is 0.253 bits per heavy atom. The number of ether oxygens (including phenoxy) is 3. The molecule has 0 amide bonds. The number of hydrogen-bond acceptors (Lipinski definition) is 6. The maximum atomic E-state index is 13.0. The van der Waals surface area contributed by atoms with Crippen LogP contribution >= 0.6 is 0 Å². The number of rotatable bonds is 64. The van der Waals surface area contributed by atoms with Crippen molar-refractivity contribution in [3.8, 4) is 0 Å². The zero-order valence-corrected chi connectivity index (χ0v) is 54.7. The van der Waals surface area contributed by atoms with Crippen LogP contribution < -0.4 is 0 Å². The average Bonchev–Trinajstić information content (AvgIpc) is 3.49. The smallest absolute Gasteiger partial charge is 0.306 e. The fourth-order valence-corrected chi connectivity index (χ4v) is 10.1. The van der Waals surface area contributed by atoms with Gasteiger partial charge in [-0.15, -0.1) is 0 Å². The quantitative estimate of drug-likeness (QED) is 0.0261. The van der Waals surface area contributed by atoms with Crippen molar-refractivity contribution in [1.82, 2.24) is 0 Å². The average molecular weight is 1150 g/mol. The summed E-state index contributed by atoms with van der Waals surface area (Å²) in [5.41, 5.74) is 0. The van der Waals surface area contributed by atoms with Crippen molar-refractivity contribution in [2.45, 2.75) is 348 Å². The molecular formula is C77H132O6. The third kappa shape index (κ3) is 68.7. The van der Waals surface area contributed by atoms with E-state index in [1.54, 1.807) is 0 Å². The minimum atomic E-state index is -0.804. The van der Waals surface area contributed by atoms with E-state index in [9.17, 15) is 14.4 Å². The van der Waals surface area contributed by atoms with Crippen molar-refractivity contribution in [2.24, 2.45) is 0 Å². The predicted molar refractivity (Wildman–Crippen MR) is 362 cm³/mol. The SMILES string of the molecule is CC/C=C\C/C=C\C/C=C\C/C=C\C/C=C\CCCCCCCCCC(=O)OC(COC(=O)CCCC/C=C\C/C=C\C/C=C\C/C=C\CC)COC(=O)CCCCCCCCCCCCCCCCCCCCCCCCCCCCC. The first-order chi connectivity index (χ1) is 41.0. The van der Waals surface area contributed by atoms with Gasteiger partial charge in [0.2, 0.25) is 0 Å². The van der Waals surface area contributed by atoms with Crippen molar-refractivity contribution in [2.75, 3.05) is 13.2 Å². The second-order valence-corrected chi connectivity index (χ2v) is 23.4. The summed E-state index contributed by atoms with van der Waals surface area (Å²) < 4.78 is 16.9. The molecule has 0 aromatic heterocycles. The van der Waals surface area contributed by atoms with E-state index in [1.807, 2.05) is 0 Å². The van der Waals surface area contributed by atoms with Gasteiger partial charge < -0.3 is 14.2 Å². The molecular weight excluding hydrogens is 1020 g/mol. The van der Waals surface area contributed by atoms with Crippen LogP contribution in [-0.4, -0.2) is 37.2 Å². The van der Waals surface area contributed by atoms with Gasteiger partial charge in [0.05, 0.1) is 0 Å². The molecule has 0 saturated heterocycles. The molecule has 0 N–H and O–H groups in total. The highest BCUT2D eigenvalue weighted by atomic mass is 16.6. The van der Waals surface area contributed by atoms with E-state index in [0.717, 1.165) is 122 Å². The van der Waals surface area contributed by atoms with Gasteiger partial charge in [0.25, 0.3) is 0 Å². The van der Waals surface area contributed by atoms with Gasteiger partial charge in [0.1, 0.15) is 13.2 Å². The molecule has 0 aliphatic heterocycles. The van der Waals surface area contributed by atoms with E-state index in [0.29, 0.717) is 19.3 Å². The fraction of sp³-hybridized carbons (Fsp3) is 0.727. The summed E-state index contributed by atoms with van der Waals surface area (Å²) in [6.45, 7) is 6.41.